The number of ether oxygens (including phenoxy) is 2. The Kier molecular flexibility index (Phi) is 7.75. The van der Waals surface area contributed by atoms with E-state index in [-0.39, 0.29) is 0 Å². The molecule has 1 rings (SSSR count). The van der Waals surface area contributed by atoms with Gasteiger partial charge >= 0.3 is 0 Å². The third-order valence-corrected chi connectivity index (χ3v) is 3.83. The highest BCUT2D eigenvalue weighted by atomic mass is 32.2. The van der Waals surface area contributed by atoms with Crippen molar-refractivity contribution in [1.29, 1.82) is 0 Å². The molecule has 0 radical (unpaired) electrons. The second-order valence-corrected chi connectivity index (χ2v) is 5.48. The predicted octanol–water partition coefficient (Wildman–Crippen LogP) is 3.50. The highest BCUT2D eigenvalue weighted by molar-refractivity contribution is 7.98. The van der Waals surface area contributed by atoms with Crippen LogP contribution in [0.3, 0.4) is 0 Å². The number of nitrogens with one attached hydrogen (secondary N) is 1. The molecule has 0 aliphatic heterocycles. The van der Waals surface area contributed by atoms with E-state index in [2.05, 4.69) is 24.6 Å². The molecule has 4 heteroatoms. The van der Waals surface area contributed by atoms with E-state index in [1.54, 1.807) is 14.2 Å². The summed E-state index contributed by atoms with van der Waals surface area (Å²) in [5.41, 5.74) is 1.22. The number of hydrogen-bond acceptors (Lipinski definition) is 4. The number of unbranched alkanes of at least 4 members (excludes halogenated alkanes) is 1. The van der Waals surface area contributed by atoms with Crippen molar-refractivity contribution in [3.05, 3.63) is 23.8 Å². The van der Waals surface area contributed by atoms with Crippen molar-refractivity contribution >= 4 is 11.8 Å². The predicted molar refractivity (Wildman–Crippen MR) is 83.6 cm³/mol. The molecule has 0 spiro atoms. The van der Waals surface area contributed by atoms with Gasteiger partial charge in [-0.15, -0.1) is 0 Å². The molecule has 0 aliphatic rings. The Hall–Kier alpha value is -0.870. The Labute approximate surface area is 121 Å². The summed E-state index contributed by atoms with van der Waals surface area (Å²) in [7, 11) is 3.33. The first-order chi connectivity index (χ1) is 9.22. The van der Waals surface area contributed by atoms with Gasteiger partial charge in [0.1, 0.15) is 0 Å². The van der Waals surface area contributed by atoms with Crippen LogP contribution < -0.4 is 14.8 Å². The van der Waals surface area contributed by atoms with Crippen LogP contribution >= 0.6 is 11.8 Å². The zero-order valence-electron chi connectivity index (χ0n) is 12.4. The van der Waals surface area contributed by atoms with Crippen molar-refractivity contribution in [1.82, 2.24) is 5.32 Å². The van der Waals surface area contributed by atoms with E-state index in [4.69, 9.17) is 9.47 Å². The summed E-state index contributed by atoms with van der Waals surface area (Å²) in [5, 5.41) is 3.54. The molecule has 0 fully saturated rings. The quantitative estimate of drug-likeness (QED) is 0.703. The molecule has 1 unspecified atom stereocenters. The Balaban J connectivity index is 2.49. The van der Waals surface area contributed by atoms with E-state index in [9.17, 15) is 0 Å². The molecular weight excluding hydrogens is 258 g/mol. The van der Waals surface area contributed by atoms with Crippen LogP contribution in [0.5, 0.6) is 11.5 Å². The summed E-state index contributed by atoms with van der Waals surface area (Å²) in [4.78, 5) is 0. The molecule has 1 aromatic rings. The normalized spacial score (nSPS) is 12.2. The van der Waals surface area contributed by atoms with Crippen LogP contribution in [0.15, 0.2) is 18.2 Å². The lowest BCUT2D eigenvalue weighted by Gasteiger charge is -2.16. The fraction of sp³-hybridized carbons (Fsp3) is 0.600. The van der Waals surface area contributed by atoms with Crippen LogP contribution in [0.25, 0.3) is 0 Å². The smallest absolute Gasteiger partial charge is 0.161 e. The lowest BCUT2D eigenvalue weighted by atomic mass is 10.1. The van der Waals surface area contributed by atoms with Crippen LogP contribution in [0, 0.1) is 0 Å². The van der Waals surface area contributed by atoms with Gasteiger partial charge in [0.2, 0.25) is 0 Å². The number of thioether (sulfide) groups is 1. The van der Waals surface area contributed by atoms with Gasteiger partial charge in [-0.05, 0) is 56.0 Å². The van der Waals surface area contributed by atoms with Crippen molar-refractivity contribution in [2.45, 2.75) is 25.8 Å². The van der Waals surface area contributed by atoms with E-state index in [1.807, 2.05) is 23.9 Å². The third kappa shape index (κ3) is 5.33. The minimum absolute atomic E-state index is 0.328. The highest BCUT2D eigenvalue weighted by Crippen LogP contribution is 2.29. The molecule has 1 atom stereocenters. The Morgan fingerprint density at radius 1 is 1.16 bits per heavy atom. The first-order valence-corrected chi connectivity index (χ1v) is 8.06. The van der Waals surface area contributed by atoms with Gasteiger partial charge in [0.05, 0.1) is 14.2 Å². The van der Waals surface area contributed by atoms with Crippen LogP contribution in [0.2, 0.25) is 0 Å². The average Bonchev–Trinajstić information content (AvgIpc) is 2.46. The minimum Gasteiger partial charge on any atom is -0.493 e. The summed E-state index contributed by atoms with van der Waals surface area (Å²) in [6, 6.07) is 6.41. The second kappa shape index (κ2) is 9.10. The molecular formula is C15H25NO2S. The molecule has 3 nitrogen and oxygen atoms in total. The SMILES string of the molecule is COc1ccc(C(C)NCCCCSC)cc1OC. The minimum atomic E-state index is 0.328. The Morgan fingerprint density at radius 2 is 1.89 bits per heavy atom. The number of rotatable bonds is 9. The topological polar surface area (TPSA) is 30.5 Å². The van der Waals surface area contributed by atoms with E-state index >= 15 is 0 Å². The fourth-order valence-corrected chi connectivity index (χ4v) is 2.42. The van der Waals surface area contributed by atoms with Gasteiger partial charge in [-0.2, -0.15) is 11.8 Å². The first kappa shape index (κ1) is 16.2. The van der Waals surface area contributed by atoms with Gasteiger partial charge in [0, 0.05) is 6.04 Å². The lowest BCUT2D eigenvalue weighted by molar-refractivity contribution is 0.354. The second-order valence-electron chi connectivity index (χ2n) is 4.49. The number of hydrogen-bond donors (Lipinski definition) is 1. The molecule has 19 heavy (non-hydrogen) atoms. The van der Waals surface area contributed by atoms with E-state index < -0.39 is 0 Å². The van der Waals surface area contributed by atoms with E-state index in [1.165, 1.54) is 24.2 Å². The van der Waals surface area contributed by atoms with Crippen molar-refractivity contribution in [3.63, 3.8) is 0 Å². The number of benzene rings is 1. The summed E-state index contributed by atoms with van der Waals surface area (Å²) < 4.78 is 10.6. The first-order valence-electron chi connectivity index (χ1n) is 6.67. The van der Waals surface area contributed by atoms with Crippen molar-refractivity contribution in [3.8, 4) is 11.5 Å². The summed E-state index contributed by atoms with van der Waals surface area (Å²) >= 11 is 1.91. The van der Waals surface area contributed by atoms with Crippen LogP contribution in [-0.2, 0) is 0 Å². The highest BCUT2D eigenvalue weighted by Gasteiger charge is 2.09. The number of methoxy groups -OCH3 is 2. The maximum Gasteiger partial charge on any atom is 0.161 e. The molecule has 1 N–H and O–H groups in total. The van der Waals surface area contributed by atoms with Gasteiger partial charge in [-0.1, -0.05) is 6.07 Å². The van der Waals surface area contributed by atoms with Gasteiger partial charge in [-0.3, -0.25) is 0 Å². The molecule has 0 bridgehead atoms. The molecule has 108 valence electrons. The van der Waals surface area contributed by atoms with Crippen molar-refractivity contribution in [2.75, 3.05) is 32.8 Å². The van der Waals surface area contributed by atoms with Gasteiger partial charge in [0.15, 0.2) is 11.5 Å². The third-order valence-electron chi connectivity index (χ3n) is 3.13. The van der Waals surface area contributed by atoms with Gasteiger partial charge < -0.3 is 14.8 Å². The average molecular weight is 283 g/mol. The molecule has 0 amide bonds. The fourth-order valence-electron chi connectivity index (χ4n) is 1.93. The monoisotopic (exact) mass is 283 g/mol. The summed E-state index contributed by atoms with van der Waals surface area (Å²) in [5.74, 6) is 2.81. The van der Waals surface area contributed by atoms with E-state index in [0.29, 0.717) is 6.04 Å². The van der Waals surface area contributed by atoms with Crippen LogP contribution in [0.4, 0.5) is 0 Å². The molecule has 0 saturated carbocycles. The summed E-state index contributed by atoms with van der Waals surface area (Å²) in [6.45, 7) is 3.23. The van der Waals surface area contributed by atoms with Crippen LogP contribution in [-0.4, -0.2) is 32.8 Å². The Morgan fingerprint density at radius 3 is 2.53 bits per heavy atom. The maximum atomic E-state index is 5.33. The largest absolute Gasteiger partial charge is 0.493 e. The molecule has 0 aromatic heterocycles. The lowest BCUT2D eigenvalue weighted by Crippen LogP contribution is -2.20. The van der Waals surface area contributed by atoms with Gasteiger partial charge in [0.25, 0.3) is 0 Å². The summed E-state index contributed by atoms with van der Waals surface area (Å²) in [6.07, 6.45) is 4.64. The Bertz CT molecular complexity index is 371. The molecule has 0 heterocycles. The maximum absolute atomic E-state index is 5.33. The molecule has 0 saturated heterocycles. The molecule has 1 aromatic carbocycles. The zero-order valence-corrected chi connectivity index (χ0v) is 13.2. The zero-order chi connectivity index (χ0) is 14.1. The molecule has 0 aliphatic carbocycles. The standard InChI is InChI=1S/C15H25NO2S/c1-12(16-9-5-6-10-19-4)13-7-8-14(17-2)15(11-13)18-3/h7-8,11-12,16H,5-6,9-10H2,1-4H3. The van der Waals surface area contributed by atoms with Crippen molar-refractivity contribution in [2.24, 2.45) is 0 Å². The van der Waals surface area contributed by atoms with Gasteiger partial charge in [-0.25, -0.2) is 0 Å². The van der Waals surface area contributed by atoms with Crippen LogP contribution in [0.1, 0.15) is 31.4 Å². The van der Waals surface area contributed by atoms with E-state index in [0.717, 1.165) is 18.0 Å². The van der Waals surface area contributed by atoms with Crippen molar-refractivity contribution < 1.29 is 9.47 Å².